The Labute approximate surface area is 222 Å². The van der Waals surface area contributed by atoms with E-state index in [9.17, 15) is 4.79 Å². The highest BCUT2D eigenvalue weighted by Gasteiger charge is 2.34. The first-order valence-electron chi connectivity index (χ1n) is 15.8. The molecule has 2 fully saturated rings. The van der Waals surface area contributed by atoms with Gasteiger partial charge in [0, 0.05) is 5.92 Å². The van der Waals surface area contributed by atoms with Crippen LogP contribution in [0.1, 0.15) is 141 Å². The zero-order valence-electron chi connectivity index (χ0n) is 23.9. The molecule has 0 heterocycles. The second kappa shape index (κ2) is 13.4. The molecular weight excluding hydrogens is 436 g/mol. The van der Waals surface area contributed by atoms with E-state index in [1.807, 2.05) is 6.08 Å². The fraction of sp³-hybridized carbons (Fsp3) is 0.743. The Bertz CT molecular complexity index is 832. The molecule has 1 aromatic rings. The van der Waals surface area contributed by atoms with E-state index in [0.717, 1.165) is 36.5 Å². The molecule has 3 atom stereocenters. The topological polar surface area (TPSA) is 17.1 Å². The summed E-state index contributed by atoms with van der Waals surface area (Å²) in [6.07, 6.45) is 22.1. The highest BCUT2D eigenvalue weighted by molar-refractivity contribution is 6.00. The summed E-state index contributed by atoms with van der Waals surface area (Å²) in [4.78, 5) is 13.2. The van der Waals surface area contributed by atoms with Gasteiger partial charge in [-0.2, -0.15) is 0 Å². The monoisotopic (exact) mass is 490 g/mol. The lowest BCUT2D eigenvalue weighted by atomic mass is 9.68. The molecule has 0 N–H and O–H groups in total. The summed E-state index contributed by atoms with van der Waals surface area (Å²) >= 11 is 0. The molecule has 0 radical (unpaired) electrons. The predicted molar refractivity (Wildman–Crippen MR) is 155 cm³/mol. The normalized spacial score (nSPS) is 31.1. The van der Waals surface area contributed by atoms with Gasteiger partial charge in [0.15, 0.2) is 5.78 Å². The van der Waals surface area contributed by atoms with Gasteiger partial charge in [-0.25, -0.2) is 0 Å². The van der Waals surface area contributed by atoms with E-state index in [0.29, 0.717) is 17.6 Å². The first-order chi connectivity index (χ1) is 17.5. The van der Waals surface area contributed by atoms with Crippen molar-refractivity contribution in [3.8, 4) is 0 Å². The van der Waals surface area contributed by atoms with E-state index in [1.54, 1.807) is 0 Å². The Morgan fingerprint density at radius 1 is 0.750 bits per heavy atom. The van der Waals surface area contributed by atoms with E-state index in [-0.39, 0.29) is 5.92 Å². The van der Waals surface area contributed by atoms with Crippen LogP contribution in [0.3, 0.4) is 0 Å². The second-order valence-electron chi connectivity index (χ2n) is 13.0. The van der Waals surface area contributed by atoms with Crippen molar-refractivity contribution >= 4 is 11.4 Å². The zero-order valence-corrected chi connectivity index (χ0v) is 23.9. The average Bonchev–Trinajstić information content (AvgIpc) is 2.92. The number of unbranched alkanes of at least 4 members (excludes halogenated alkanes) is 1. The van der Waals surface area contributed by atoms with Gasteiger partial charge >= 0.3 is 0 Å². The minimum Gasteiger partial charge on any atom is -0.295 e. The van der Waals surface area contributed by atoms with Crippen LogP contribution in [0.4, 0.5) is 0 Å². The van der Waals surface area contributed by atoms with Crippen LogP contribution in [0.25, 0.3) is 5.57 Å². The van der Waals surface area contributed by atoms with Crippen molar-refractivity contribution in [2.75, 3.05) is 0 Å². The summed E-state index contributed by atoms with van der Waals surface area (Å²) in [6, 6.07) is 9.31. The fourth-order valence-electron chi connectivity index (χ4n) is 8.04. The largest absolute Gasteiger partial charge is 0.295 e. The number of benzene rings is 1. The summed E-state index contributed by atoms with van der Waals surface area (Å²) < 4.78 is 0. The van der Waals surface area contributed by atoms with Gasteiger partial charge in [0.1, 0.15) is 0 Å². The molecule has 1 nitrogen and oxygen atoms in total. The molecule has 1 aromatic carbocycles. The smallest absolute Gasteiger partial charge is 0.159 e. The van der Waals surface area contributed by atoms with Gasteiger partial charge in [0.05, 0.1) is 0 Å². The number of rotatable bonds is 10. The summed E-state index contributed by atoms with van der Waals surface area (Å²) in [5.41, 5.74) is 4.03. The van der Waals surface area contributed by atoms with Crippen LogP contribution in [-0.2, 0) is 4.79 Å². The molecule has 0 aromatic heterocycles. The number of hydrogen-bond acceptors (Lipinski definition) is 1. The summed E-state index contributed by atoms with van der Waals surface area (Å²) in [5.74, 6) is 5.34. The average molecular weight is 491 g/mol. The number of hydrogen-bond donors (Lipinski definition) is 0. The Balaban J connectivity index is 1.30. The summed E-state index contributed by atoms with van der Waals surface area (Å²) in [6.45, 7) is 9.45. The van der Waals surface area contributed by atoms with E-state index in [1.165, 1.54) is 100 Å². The Morgan fingerprint density at radius 3 is 1.94 bits per heavy atom. The van der Waals surface area contributed by atoms with Crippen LogP contribution in [-0.4, -0.2) is 5.78 Å². The van der Waals surface area contributed by atoms with E-state index in [2.05, 4.69) is 52.0 Å². The van der Waals surface area contributed by atoms with E-state index < -0.39 is 0 Å². The Hall–Kier alpha value is -1.37. The van der Waals surface area contributed by atoms with Gasteiger partial charge in [0.25, 0.3) is 0 Å². The molecule has 0 bridgehead atoms. The van der Waals surface area contributed by atoms with Crippen molar-refractivity contribution in [3.63, 3.8) is 0 Å². The molecule has 0 amide bonds. The van der Waals surface area contributed by atoms with Crippen molar-refractivity contribution in [1.82, 2.24) is 0 Å². The highest BCUT2D eigenvalue weighted by atomic mass is 16.1. The van der Waals surface area contributed by atoms with Crippen molar-refractivity contribution in [2.24, 2.45) is 35.5 Å². The Morgan fingerprint density at radius 2 is 1.36 bits per heavy atom. The molecule has 0 saturated heterocycles. The number of carbonyl (C=O) groups is 1. The molecular formula is C35H54O. The molecule has 1 heteroatoms. The van der Waals surface area contributed by atoms with Crippen LogP contribution < -0.4 is 0 Å². The third kappa shape index (κ3) is 6.93. The first kappa shape index (κ1) is 27.7. The lowest BCUT2D eigenvalue weighted by molar-refractivity contribution is -0.121. The molecule has 3 aliphatic rings. The van der Waals surface area contributed by atoms with Crippen LogP contribution in [0.15, 0.2) is 30.3 Å². The summed E-state index contributed by atoms with van der Waals surface area (Å²) in [7, 11) is 0. The molecule has 2 saturated carbocycles. The Kier molecular flexibility index (Phi) is 10.3. The zero-order chi connectivity index (χ0) is 25.5. The second-order valence-corrected chi connectivity index (χ2v) is 13.0. The van der Waals surface area contributed by atoms with Gasteiger partial charge in [-0.3, -0.25) is 4.79 Å². The van der Waals surface area contributed by atoms with Crippen LogP contribution in [0, 0.1) is 35.5 Å². The molecule has 200 valence electrons. The van der Waals surface area contributed by atoms with Gasteiger partial charge in [0.2, 0.25) is 0 Å². The molecule has 3 unspecified atom stereocenters. The molecule has 3 aliphatic carbocycles. The molecule has 4 rings (SSSR count). The van der Waals surface area contributed by atoms with E-state index in [4.69, 9.17) is 0 Å². The maximum absolute atomic E-state index is 13.2. The fourth-order valence-corrected chi connectivity index (χ4v) is 8.04. The van der Waals surface area contributed by atoms with Crippen molar-refractivity contribution in [3.05, 3.63) is 41.5 Å². The third-order valence-corrected chi connectivity index (χ3v) is 10.7. The van der Waals surface area contributed by atoms with Crippen LogP contribution >= 0.6 is 0 Å². The van der Waals surface area contributed by atoms with Crippen molar-refractivity contribution in [2.45, 2.75) is 130 Å². The molecule has 0 aliphatic heterocycles. The first-order valence-corrected chi connectivity index (χ1v) is 15.8. The van der Waals surface area contributed by atoms with Crippen LogP contribution in [0.5, 0.6) is 0 Å². The number of carbonyl (C=O) groups excluding carboxylic acids is 1. The maximum Gasteiger partial charge on any atom is 0.159 e. The van der Waals surface area contributed by atoms with Crippen LogP contribution in [0.2, 0.25) is 0 Å². The third-order valence-electron chi connectivity index (χ3n) is 10.7. The molecule has 0 spiro atoms. The predicted octanol–water partition coefficient (Wildman–Crippen LogP) is 10.4. The number of allylic oxidation sites excluding steroid dienone is 2. The maximum atomic E-state index is 13.2. The highest BCUT2D eigenvalue weighted by Crippen LogP contribution is 2.43. The quantitative estimate of drug-likeness (QED) is 0.319. The molecule has 36 heavy (non-hydrogen) atoms. The standard InChI is InChI=1S/C35H54O/c1-5-7-9-28-12-16-31(17-13-28)26(4)34-23-22-33(24-35(34)36)32-20-18-30(19-21-32)25(3)29-14-10-27(8-6-2)11-15-29/h18-21,24-29,31,34H,5-17,22-23H2,1-4H3. The van der Waals surface area contributed by atoms with Gasteiger partial charge in [-0.05, 0) is 96.8 Å². The minimum atomic E-state index is 0.244. The minimum absolute atomic E-state index is 0.244. The SMILES string of the molecule is CCCCC1CCC(C(C)C2CCC(c3ccc(C(C)C4CCC(CCC)CC4)cc3)=CC2=O)CC1. The van der Waals surface area contributed by atoms with Crippen molar-refractivity contribution in [1.29, 1.82) is 0 Å². The number of ketones is 1. The van der Waals surface area contributed by atoms with Gasteiger partial charge < -0.3 is 0 Å². The van der Waals surface area contributed by atoms with Gasteiger partial charge in [-0.1, -0.05) is 110 Å². The van der Waals surface area contributed by atoms with Gasteiger partial charge in [-0.15, -0.1) is 0 Å². The van der Waals surface area contributed by atoms with Crippen molar-refractivity contribution < 1.29 is 4.79 Å². The lowest BCUT2D eigenvalue weighted by Gasteiger charge is -2.36. The lowest BCUT2D eigenvalue weighted by Crippen LogP contribution is -2.31. The van der Waals surface area contributed by atoms with E-state index >= 15 is 0 Å². The summed E-state index contributed by atoms with van der Waals surface area (Å²) in [5, 5.41) is 0.